The average molecular weight is 582 g/mol. The predicted molar refractivity (Wildman–Crippen MR) is 145 cm³/mol. The standard InChI is InChI=1S/C30H20ClF4N3O3/c1-17-13-19(18-7-10-22(32)11-8-18)5-6-20(17)16-41-26-12-9-21(31)14-23(26)25-3-2-4-27(37-25)38-28(30(33,34)35)24(15-36-38)29(39)40/h2-15H,16H2,1H3,(H,39,40). The van der Waals surface area contributed by atoms with Gasteiger partial charge in [-0.25, -0.2) is 18.9 Å². The van der Waals surface area contributed by atoms with Crippen LogP contribution in [0.4, 0.5) is 17.6 Å². The van der Waals surface area contributed by atoms with Gasteiger partial charge >= 0.3 is 12.1 Å². The zero-order valence-corrected chi connectivity index (χ0v) is 22.0. The van der Waals surface area contributed by atoms with Crippen LogP contribution in [0.25, 0.3) is 28.2 Å². The Bertz CT molecular complexity index is 1750. The van der Waals surface area contributed by atoms with Gasteiger partial charge in [0.1, 0.15) is 23.7 Å². The fourth-order valence-corrected chi connectivity index (χ4v) is 4.48. The number of nitrogens with zero attached hydrogens (tertiary/aromatic N) is 3. The molecule has 0 spiro atoms. The zero-order chi connectivity index (χ0) is 29.3. The molecule has 0 aliphatic carbocycles. The van der Waals surface area contributed by atoms with Crippen molar-refractivity contribution in [3.05, 3.63) is 118 Å². The molecular formula is C30H20ClF4N3O3. The van der Waals surface area contributed by atoms with Crippen molar-refractivity contribution >= 4 is 17.6 Å². The van der Waals surface area contributed by atoms with Gasteiger partial charge in [0.05, 0.1) is 11.9 Å². The van der Waals surface area contributed by atoms with Crippen LogP contribution in [0.5, 0.6) is 5.75 Å². The number of hydrogen-bond acceptors (Lipinski definition) is 4. The number of ether oxygens (including phenoxy) is 1. The summed E-state index contributed by atoms with van der Waals surface area (Å²) in [6, 6.07) is 21.1. The number of carboxylic acids is 1. The molecule has 0 amide bonds. The minimum atomic E-state index is -4.99. The van der Waals surface area contributed by atoms with Crippen molar-refractivity contribution in [3.8, 4) is 34.0 Å². The maximum Gasteiger partial charge on any atom is 0.434 e. The summed E-state index contributed by atoms with van der Waals surface area (Å²) in [6.45, 7) is 2.09. The third kappa shape index (κ3) is 5.92. The third-order valence-electron chi connectivity index (χ3n) is 6.34. The molecular weight excluding hydrogens is 562 g/mol. The first-order valence-corrected chi connectivity index (χ1v) is 12.5. The largest absolute Gasteiger partial charge is 0.488 e. The van der Waals surface area contributed by atoms with Gasteiger partial charge in [0.15, 0.2) is 11.5 Å². The van der Waals surface area contributed by atoms with E-state index < -0.39 is 23.4 Å². The second kappa shape index (κ2) is 11.1. The van der Waals surface area contributed by atoms with Gasteiger partial charge in [-0.1, -0.05) is 48.0 Å². The first-order valence-electron chi connectivity index (χ1n) is 12.2. The number of benzene rings is 3. The van der Waals surface area contributed by atoms with Crippen molar-refractivity contribution in [1.29, 1.82) is 0 Å². The quantitative estimate of drug-likeness (QED) is 0.197. The van der Waals surface area contributed by atoms with E-state index in [0.717, 1.165) is 22.3 Å². The van der Waals surface area contributed by atoms with Crippen molar-refractivity contribution in [2.75, 3.05) is 0 Å². The Morgan fingerprint density at radius 3 is 2.41 bits per heavy atom. The molecule has 0 aliphatic rings. The highest BCUT2D eigenvalue weighted by Gasteiger charge is 2.41. The highest BCUT2D eigenvalue weighted by molar-refractivity contribution is 6.31. The maximum atomic E-state index is 13.8. The van der Waals surface area contributed by atoms with Crippen LogP contribution < -0.4 is 4.74 Å². The van der Waals surface area contributed by atoms with E-state index in [-0.39, 0.29) is 23.9 Å². The Morgan fingerprint density at radius 1 is 1.00 bits per heavy atom. The Balaban J connectivity index is 1.45. The maximum absolute atomic E-state index is 13.8. The van der Waals surface area contributed by atoms with E-state index in [1.807, 2.05) is 25.1 Å². The van der Waals surface area contributed by atoms with Gasteiger partial charge in [-0.2, -0.15) is 18.3 Å². The molecule has 3 aromatic carbocycles. The molecule has 11 heteroatoms. The van der Waals surface area contributed by atoms with Crippen LogP contribution in [0.3, 0.4) is 0 Å². The SMILES string of the molecule is Cc1cc(-c2ccc(F)cc2)ccc1COc1ccc(Cl)cc1-c1cccc(-n2ncc(C(=O)O)c2C(F)(F)F)n1. The van der Waals surface area contributed by atoms with Gasteiger partial charge in [0.2, 0.25) is 0 Å². The molecule has 0 saturated carbocycles. The Labute approximate surface area is 236 Å². The van der Waals surface area contributed by atoms with Crippen molar-refractivity contribution in [1.82, 2.24) is 14.8 Å². The molecule has 208 valence electrons. The van der Waals surface area contributed by atoms with E-state index in [4.69, 9.17) is 16.3 Å². The normalized spacial score (nSPS) is 11.5. The number of halogens is 5. The number of aryl methyl sites for hydroxylation is 1. The number of rotatable bonds is 7. The second-order valence-corrected chi connectivity index (χ2v) is 9.52. The summed E-state index contributed by atoms with van der Waals surface area (Å²) in [5.74, 6) is -1.93. The van der Waals surface area contributed by atoms with Crippen molar-refractivity contribution in [2.45, 2.75) is 19.7 Å². The van der Waals surface area contributed by atoms with Gasteiger partial charge in [-0.3, -0.25) is 0 Å². The summed E-state index contributed by atoms with van der Waals surface area (Å²) in [5, 5.41) is 13.2. The predicted octanol–water partition coefficient (Wildman–Crippen LogP) is 8.00. The van der Waals surface area contributed by atoms with E-state index in [9.17, 15) is 27.5 Å². The lowest BCUT2D eigenvalue weighted by Crippen LogP contribution is -2.18. The molecule has 0 aliphatic heterocycles. The highest BCUT2D eigenvalue weighted by atomic mass is 35.5. The molecule has 5 aromatic rings. The molecule has 0 radical (unpaired) electrons. The lowest BCUT2D eigenvalue weighted by Gasteiger charge is -2.15. The molecule has 0 saturated heterocycles. The highest BCUT2D eigenvalue weighted by Crippen LogP contribution is 2.36. The Kier molecular flexibility index (Phi) is 7.51. The Hall–Kier alpha value is -4.70. The number of carbonyl (C=O) groups is 1. The first kappa shape index (κ1) is 27.9. The van der Waals surface area contributed by atoms with Crippen LogP contribution >= 0.6 is 11.6 Å². The van der Waals surface area contributed by atoms with E-state index in [0.29, 0.717) is 27.2 Å². The number of alkyl halides is 3. The molecule has 5 rings (SSSR count). The fraction of sp³-hybridized carbons (Fsp3) is 0.100. The van der Waals surface area contributed by atoms with E-state index in [2.05, 4.69) is 10.1 Å². The van der Waals surface area contributed by atoms with Crippen molar-refractivity contribution in [3.63, 3.8) is 0 Å². The fourth-order valence-electron chi connectivity index (χ4n) is 4.31. The summed E-state index contributed by atoms with van der Waals surface area (Å²) >= 11 is 6.24. The van der Waals surface area contributed by atoms with Gasteiger partial charge in [-0.05, 0) is 71.6 Å². The lowest BCUT2D eigenvalue weighted by molar-refractivity contribution is -0.143. The van der Waals surface area contributed by atoms with E-state index >= 15 is 0 Å². The molecule has 0 bridgehead atoms. The number of pyridine rings is 1. The number of carboxylic acid groups (broad SMARTS) is 1. The minimum absolute atomic E-state index is 0.170. The number of aromatic nitrogens is 3. The molecule has 2 heterocycles. The molecule has 1 N–H and O–H groups in total. The summed E-state index contributed by atoms with van der Waals surface area (Å²) < 4.78 is 61.1. The summed E-state index contributed by atoms with van der Waals surface area (Å²) in [4.78, 5) is 15.7. The van der Waals surface area contributed by atoms with Crippen LogP contribution in [0.15, 0.2) is 85.1 Å². The van der Waals surface area contributed by atoms with Gasteiger partial charge in [-0.15, -0.1) is 0 Å². The molecule has 6 nitrogen and oxygen atoms in total. The van der Waals surface area contributed by atoms with Gasteiger partial charge in [0, 0.05) is 10.6 Å². The molecule has 0 atom stereocenters. The number of hydrogen-bond donors (Lipinski definition) is 1. The first-order chi connectivity index (χ1) is 19.5. The average Bonchev–Trinajstić information content (AvgIpc) is 3.40. The Morgan fingerprint density at radius 2 is 1.73 bits per heavy atom. The van der Waals surface area contributed by atoms with Gasteiger partial charge in [0.25, 0.3) is 0 Å². The second-order valence-electron chi connectivity index (χ2n) is 9.08. The van der Waals surface area contributed by atoms with Crippen molar-refractivity contribution in [2.24, 2.45) is 0 Å². The molecule has 41 heavy (non-hydrogen) atoms. The van der Waals surface area contributed by atoms with Crippen LogP contribution in [0, 0.1) is 12.7 Å². The number of aromatic carboxylic acids is 1. The smallest absolute Gasteiger partial charge is 0.434 e. The lowest BCUT2D eigenvalue weighted by atomic mass is 10.00. The third-order valence-corrected chi connectivity index (χ3v) is 6.58. The van der Waals surface area contributed by atoms with Crippen LogP contribution in [-0.4, -0.2) is 25.8 Å². The van der Waals surface area contributed by atoms with Gasteiger partial charge < -0.3 is 9.84 Å². The summed E-state index contributed by atoms with van der Waals surface area (Å²) in [6.07, 6.45) is -4.35. The van der Waals surface area contributed by atoms with Crippen LogP contribution in [0.2, 0.25) is 5.02 Å². The summed E-state index contributed by atoms with van der Waals surface area (Å²) in [7, 11) is 0. The molecule has 2 aromatic heterocycles. The summed E-state index contributed by atoms with van der Waals surface area (Å²) in [5.41, 5.74) is 1.83. The van der Waals surface area contributed by atoms with Crippen LogP contribution in [-0.2, 0) is 12.8 Å². The minimum Gasteiger partial charge on any atom is -0.488 e. The molecule has 0 unspecified atom stereocenters. The topological polar surface area (TPSA) is 77.2 Å². The van der Waals surface area contributed by atoms with E-state index in [1.54, 1.807) is 36.4 Å². The van der Waals surface area contributed by atoms with E-state index in [1.165, 1.54) is 24.3 Å². The monoisotopic (exact) mass is 581 g/mol. The van der Waals surface area contributed by atoms with Crippen LogP contribution in [0.1, 0.15) is 27.2 Å². The molecule has 0 fully saturated rings. The zero-order valence-electron chi connectivity index (χ0n) is 21.3. The van der Waals surface area contributed by atoms with Crippen molar-refractivity contribution < 1.29 is 32.2 Å².